The normalized spacial score (nSPS) is 28.1. The second kappa shape index (κ2) is 6.91. The summed E-state index contributed by atoms with van der Waals surface area (Å²) < 4.78 is 34.4. The van der Waals surface area contributed by atoms with Crippen molar-refractivity contribution in [3.63, 3.8) is 0 Å². The Bertz CT molecular complexity index is 612. The molecule has 0 bridgehead atoms. The molecule has 0 unspecified atom stereocenters. The standard InChI is InChI=1S/C16H27N3O3S/c1-13-3-5-14(6-4-13)22-15-7-9-19(10-8-15)23(20,21)16-11-17-18(2)12-16/h11-15H,3-10H2,1-2H3. The zero-order valence-corrected chi connectivity index (χ0v) is 14.8. The van der Waals surface area contributed by atoms with Crippen molar-refractivity contribution in [2.45, 2.75) is 62.6 Å². The lowest BCUT2D eigenvalue weighted by atomic mass is 9.88. The Morgan fingerprint density at radius 3 is 2.26 bits per heavy atom. The Hall–Kier alpha value is -0.920. The highest BCUT2D eigenvalue weighted by atomic mass is 32.2. The van der Waals surface area contributed by atoms with Crippen molar-refractivity contribution in [3.05, 3.63) is 12.4 Å². The number of aryl methyl sites for hydroxylation is 1. The molecule has 2 fully saturated rings. The molecule has 1 aliphatic carbocycles. The summed E-state index contributed by atoms with van der Waals surface area (Å²) in [6.45, 7) is 3.37. The van der Waals surface area contributed by atoms with Crippen LogP contribution in [0.15, 0.2) is 17.3 Å². The monoisotopic (exact) mass is 341 g/mol. The summed E-state index contributed by atoms with van der Waals surface area (Å²) in [5.41, 5.74) is 0. The second-order valence-electron chi connectivity index (χ2n) is 6.97. The minimum Gasteiger partial charge on any atom is -0.375 e. The summed E-state index contributed by atoms with van der Waals surface area (Å²) in [4.78, 5) is 0.278. The van der Waals surface area contributed by atoms with Crippen LogP contribution in [0.3, 0.4) is 0 Å². The van der Waals surface area contributed by atoms with Gasteiger partial charge in [-0.1, -0.05) is 6.92 Å². The molecule has 0 spiro atoms. The Kier molecular flexibility index (Phi) is 5.08. The Morgan fingerprint density at radius 2 is 1.70 bits per heavy atom. The first-order valence-electron chi connectivity index (χ1n) is 8.59. The van der Waals surface area contributed by atoms with Crippen molar-refractivity contribution >= 4 is 10.0 Å². The Labute approximate surface area is 138 Å². The molecular formula is C16H27N3O3S. The molecule has 3 rings (SSSR count). The lowest BCUT2D eigenvalue weighted by molar-refractivity contribution is -0.0532. The molecule has 0 radical (unpaired) electrons. The molecule has 130 valence electrons. The first-order valence-corrected chi connectivity index (χ1v) is 10.0. The summed E-state index contributed by atoms with van der Waals surface area (Å²) in [7, 11) is -1.68. The minimum atomic E-state index is -3.41. The lowest BCUT2D eigenvalue weighted by Crippen LogP contribution is -2.42. The maximum Gasteiger partial charge on any atom is 0.246 e. The molecule has 1 saturated carbocycles. The molecule has 7 heteroatoms. The van der Waals surface area contributed by atoms with Gasteiger partial charge in [0.25, 0.3) is 0 Å². The van der Waals surface area contributed by atoms with Crippen LogP contribution in [0.5, 0.6) is 0 Å². The second-order valence-corrected chi connectivity index (χ2v) is 8.91. The predicted molar refractivity (Wildman–Crippen MR) is 87.5 cm³/mol. The number of rotatable bonds is 4. The number of hydrogen-bond acceptors (Lipinski definition) is 4. The van der Waals surface area contributed by atoms with Crippen molar-refractivity contribution in [3.8, 4) is 0 Å². The van der Waals surface area contributed by atoms with Crippen LogP contribution in [0.2, 0.25) is 0 Å². The first kappa shape index (κ1) is 16.9. The third-order valence-electron chi connectivity index (χ3n) is 5.07. The van der Waals surface area contributed by atoms with Gasteiger partial charge in [0.2, 0.25) is 10.0 Å². The van der Waals surface area contributed by atoms with Crippen LogP contribution in [0.25, 0.3) is 0 Å². The molecule has 1 aromatic rings. The van der Waals surface area contributed by atoms with E-state index < -0.39 is 10.0 Å². The highest BCUT2D eigenvalue weighted by Gasteiger charge is 2.32. The summed E-state index contributed by atoms with van der Waals surface area (Å²) in [5, 5.41) is 3.96. The number of hydrogen-bond donors (Lipinski definition) is 0. The topological polar surface area (TPSA) is 64.4 Å². The smallest absolute Gasteiger partial charge is 0.246 e. The molecule has 0 atom stereocenters. The van der Waals surface area contributed by atoms with Gasteiger partial charge in [-0.25, -0.2) is 8.42 Å². The molecule has 1 saturated heterocycles. The largest absolute Gasteiger partial charge is 0.375 e. The molecule has 6 nitrogen and oxygen atoms in total. The minimum absolute atomic E-state index is 0.203. The average molecular weight is 341 g/mol. The highest BCUT2D eigenvalue weighted by Crippen LogP contribution is 2.29. The van der Waals surface area contributed by atoms with Gasteiger partial charge in [0.15, 0.2) is 0 Å². The number of aromatic nitrogens is 2. The van der Waals surface area contributed by atoms with E-state index in [1.54, 1.807) is 17.5 Å². The van der Waals surface area contributed by atoms with Crippen molar-refractivity contribution in [1.29, 1.82) is 0 Å². The number of nitrogens with zero attached hydrogens (tertiary/aromatic N) is 3. The lowest BCUT2D eigenvalue weighted by Gasteiger charge is -2.35. The zero-order chi connectivity index (χ0) is 16.4. The van der Waals surface area contributed by atoms with Crippen LogP contribution in [0.4, 0.5) is 0 Å². The van der Waals surface area contributed by atoms with Crippen LogP contribution in [0, 0.1) is 5.92 Å². The summed E-state index contributed by atoms with van der Waals surface area (Å²) >= 11 is 0. The fraction of sp³-hybridized carbons (Fsp3) is 0.812. The molecule has 1 aromatic heterocycles. The van der Waals surface area contributed by atoms with Gasteiger partial charge in [-0.2, -0.15) is 9.40 Å². The van der Waals surface area contributed by atoms with Gasteiger partial charge < -0.3 is 4.74 Å². The highest BCUT2D eigenvalue weighted by molar-refractivity contribution is 7.89. The SMILES string of the molecule is CC1CCC(OC2CCN(S(=O)(=O)c3cnn(C)c3)CC2)CC1. The van der Waals surface area contributed by atoms with Crippen LogP contribution >= 0.6 is 0 Å². The van der Waals surface area contributed by atoms with Gasteiger partial charge in [0, 0.05) is 26.3 Å². The van der Waals surface area contributed by atoms with E-state index in [9.17, 15) is 8.42 Å². The maximum atomic E-state index is 12.6. The molecule has 0 aromatic carbocycles. The number of ether oxygens (including phenoxy) is 1. The number of piperidine rings is 1. The van der Waals surface area contributed by atoms with E-state index >= 15 is 0 Å². The fourth-order valence-corrected chi connectivity index (χ4v) is 4.98. The molecule has 2 aliphatic rings. The van der Waals surface area contributed by atoms with Gasteiger partial charge in [0.1, 0.15) is 4.90 Å². The van der Waals surface area contributed by atoms with E-state index in [1.807, 2.05) is 0 Å². The molecular weight excluding hydrogens is 314 g/mol. The Morgan fingerprint density at radius 1 is 1.09 bits per heavy atom. The van der Waals surface area contributed by atoms with Crippen molar-refractivity contribution in [2.24, 2.45) is 13.0 Å². The predicted octanol–water partition coefficient (Wildman–Crippen LogP) is 2.17. The van der Waals surface area contributed by atoms with E-state index in [1.165, 1.54) is 23.7 Å². The van der Waals surface area contributed by atoms with Gasteiger partial charge in [-0.3, -0.25) is 4.68 Å². The first-order chi connectivity index (χ1) is 10.9. The summed E-state index contributed by atoms with van der Waals surface area (Å²) in [6, 6.07) is 0. The van der Waals surface area contributed by atoms with E-state index in [4.69, 9.17) is 4.74 Å². The summed E-state index contributed by atoms with van der Waals surface area (Å²) in [6.07, 6.45) is 9.91. The van der Waals surface area contributed by atoms with E-state index in [0.29, 0.717) is 19.2 Å². The van der Waals surface area contributed by atoms with Crippen molar-refractivity contribution in [2.75, 3.05) is 13.1 Å². The van der Waals surface area contributed by atoms with Crippen LogP contribution in [0.1, 0.15) is 45.4 Å². The summed E-state index contributed by atoms with van der Waals surface area (Å²) in [5.74, 6) is 0.821. The van der Waals surface area contributed by atoms with E-state index in [0.717, 1.165) is 31.6 Å². The molecule has 1 aliphatic heterocycles. The van der Waals surface area contributed by atoms with Gasteiger partial charge in [-0.05, 0) is 44.4 Å². The fourth-order valence-electron chi connectivity index (χ4n) is 3.53. The molecule has 2 heterocycles. The number of sulfonamides is 1. The third kappa shape index (κ3) is 3.95. The third-order valence-corrected chi connectivity index (χ3v) is 6.92. The molecule has 0 amide bonds. The van der Waals surface area contributed by atoms with E-state index in [-0.39, 0.29) is 11.0 Å². The van der Waals surface area contributed by atoms with Crippen LogP contribution in [-0.2, 0) is 21.8 Å². The van der Waals surface area contributed by atoms with Crippen LogP contribution < -0.4 is 0 Å². The average Bonchev–Trinajstić information content (AvgIpc) is 2.98. The van der Waals surface area contributed by atoms with Gasteiger partial charge in [-0.15, -0.1) is 0 Å². The quantitative estimate of drug-likeness (QED) is 0.842. The molecule has 0 N–H and O–H groups in total. The van der Waals surface area contributed by atoms with Crippen LogP contribution in [-0.4, -0.2) is 47.8 Å². The van der Waals surface area contributed by atoms with Crippen molar-refractivity contribution < 1.29 is 13.2 Å². The van der Waals surface area contributed by atoms with Gasteiger partial charge >= 0.3 is 0 Å². The van der Waals surface area contributed by atoms with Gasteiger partial charge in [0.05, 0.1) is 18.4 Å². The van der Waals surface area contributed by atoms with E-state index in [2.05, 4.69) is 12.0 Å². The van der Waals surface area contributed by atoms with Crippen molar-refractivity contribution in [1.82, 2.24) is 14.1 Å². The Balaban J connectivity index is 1.52. The maximum absolute atomic E-state index is 12.6. The molecule has 23 heavy (non-hydrogen) atoms. The zero-order valence-electron chi connectivity index (χ0n) is 14.0.